The Morgan fingerprint density at radius 3 is 2.70 bits per heavy atom. The first-order chi connectivity index (χ1) is 10.5. The van der Waals surface area contributed by atoms with Gasteiger partial charge in [-0.05, 0) is 24.8 Å². The van der Waals surface area contributed by atoms with Gasteiger partial charge in [0.25, 0.3) is 0 Å². The number of hydrogen-bond donors (Lipinski definition) is 2. The van der Waals surface area contributed by atoms with Crippen LogP contribution < -0.4 is 10.0 Å². The topological polar surface area (TPSA) is 73.8 Å². The predicted molar refractivity (Wildman–Crippen MR) is 108 cm³/mol. The fraction of sp³-hybridized carbons (Fsp3) is 0.643. The lowest BCUT2D eigenvalue weighted by molar-refractivity contribution is 0.465. The Hall–Kier alpha value is -0.390. The Morgan fingerprint density at radius 1 is 1.39 bits per heavy atom. The summed E-state index contributed by atoms with van der Waals surface area (Å²) in [6.45, 7) is 6.58. The van der Waals surface area contributed by atoms with Gasteiger partial charge in [0, 0.05) is 26.7 Å². The van der Waals surface area contributed by atoms with Gasteiger partial charge in [-0.2, -0.15) is 0 Å². The fourth-order valence-electron chi connectivity index (χ4n) is 1.80. The number of halogens is 1. The van der Waals surface area contributed by atoms with E-state index in [1.807, 2.05) is 14.0 Å². The van der Waals surface area contributed by atoms with Crippen LogP contribution in [0.4, 0.5) is 0 Å². The van der Waals surface area contributed by atoms with Crippen LogP contribution in [0.3, 0.4) is 0 Å². The van der Waals surface area contributed by atoms with E-state index in [1.54, 1.807) is 17.5 Å². The molecule has 1 rings (SSSR count). The molecule has 0 aliphatic carbocycles. The summed E-state index contributed by atoms with van der Waals surface area (Å²) >= 11 is 1.21. The van der Waals surface area contributed by atoms with Crippen LogP contribution >= 0.6 is 35.3 Å². The zero-order chi connectivity index (χ0) is 16.4. The molecule has 0 spiro atoms. The Bertz CT molecular complexity index is 547. The highest BCUT2D eigenvalue weighted by molar-refractivity contribution is 14.0. The number of aliphatic imine (C=N–C) groups is 1. The fourth-order valence-corrected chi connectivity index (χ4v) is 3.86. The van der Waals surface area contributed by atoms with Crippen molar-refractivity contribution in [2.75, 3.05) is 33.2 Å². The first-order valence-corrected chi connectivity index (χ1v) is 9.90. The molecular weight excluding hydrogens is 447 g/mol. The van der Waals surface area contributed by atoms with Crippen molar-refractivity contribution in [3.8, 4) is 0 Å². The summed E-state index contributed by atoms with van der Waals surface area (Å²) in [7, 11) is -1.40. The van der Waals surface area contributed by atoms with Crippen LogP contribution in [-0.4, -0.2) is 52.5 Å². The van der Waals surface area contributed by atoms with Crippen molar-refractivity contribution in [1.82, 2.24) is 14.9 Å². The van der Waals surface area contributed by atoms with E-state index in [-0.39, 0.29) is 30.5 Å². The van der Waals surface area contributed by atoms with Crippen molar-refractivity contribution in [3.05, 3.63) is 17.5 Å². The summed E-state index contributed by atoms with van der Waals surface area (Å²) in [5.74, 6) is 0.811. The standard InChI is InChI=1S/C14H26N4O2S2.HI/c1-4-6-11-18(3)14(15-5-2)16-9-10-17-22(19,20)13-8-7-12-21-13;/h7-8,12,17H,4-6,9-11H2,1-3H3,(H,15,16);1H. The highest BCUT2D eigenvalue weighted by Crippen LogP contribution is 2.14. The van der Waals surface area contributed by atoms with E-state index in [2.05, 4.69) is 26.9 Å². The molecule has 1 heterocycles. The summed E-state index contributed by atoms with van der Waals surface area (Å²) in [5, 5.41) is 4.97. The van der Waals surface area contributed by atoms with Crippen molar-refractivity contribution in [2.45, 2.75) is 30.9 Å². The third kappa shape index (κ3) is 8.32. The summed E-state index contributed by atoms with van der Waals surface area (Å²) < 4.78 is 26.8. The SMILES string of the molecule is CCCCN(C)C(=NCCNS(=O)(=O)c1cccs1)NCC.I. The van der Waals surface area contributed by atoms with Gasteiger partial charge in [0.2, 0.25) is 10.0 Å². The number of unbranched alkanes of at least 4 members (excludes halogenated alkanes) is 1. The van der Waals surface area contributed by atoms with E-state index >= 15 is 0 Å². The largest absolute Gasteiger partial charge is 0.357 e. The lowest BCUT2D eigenvalue weighted by atomic mass is 10.3. The van der Waals surface area contributed by atoms with Gasteiger partial charge in [-0.3, -0.25) is 4.99 Å². The minimum atomic E-state index is -3.40. The van der Waals surface area contributed by atoms with Gasteiger partial charge >= 0.3 is 0 Å². The second-order valence-corrected chi connectivity index (χ2v) is 7.78. The zero-order valence-electron chi connectivity index (χ0n) is 13.9. The Morgan fingerprint density at radius 2 is 2.13 bits per heavy atom. The van der Waals surface area contributed by atoms with E-state index in [4.69, 9.17) is 0 Å². The van der Waals surface area contributed by atoms with Gasteiger partial charge in [-0.1, -0.05) is 19.4 Å². The molecule has 0 amide bonds. The molecule has 0 saturated heterocycles. The van der Waals surface area contributed by atoms with Gasteiger partial charge in [0.15, 0.2) is 5.96 Å². The van der Waals surface area contributed by atoms with Crippen molar-refractivity contribution < 1.29 is 8.42 Å². The molecular formula is C14H27IN4O2S2. The maximum atomic E-state index is 12.0. The monoisotopic (exact) mass is 474 g/mol. The van der Waals surface area contributed by atoms with Crippen molar-refractivity contribution in [1.29, 1.82) is 0 Å². The van der Waals surface area contributed by atoms with Crippen LogP contribution in [0.2, 0.25) is 0 Å². The van der Waals surface area contributed by atoms with Crippen LogP contribution in [0.1, 0.15) is 26.7 Å². The molecule has 6 nitrogen and oxygen atoms in total. The van der Waals surface area contributed by atoms with Crippen LogP contribution in [0, 0.1) is 0 Å². The number of hydrogen-bond acceptors (Lipinski definition) is 4. The van der Waals surface area contributed by atoms with Crippen LogP contribution in [0.25, 0.3) is 0 Å². The number of sulfonamides is 1. The second-order valence-electron chi connectivity index (χ2n) is 4.84. The molecule has 0 aliphatic heterocycles. The highest BCUT2D eigenvalue weighted by Gasteiger charge is 2.13. The van der Waals surface area contributed by atoms with Gasteiger partial charge in [-0.25, -0.2) is 13.1 Å². The number of rotatable bonds is 9. The van der Waals surface area contributed by atoms with Gasteiger partial charge in [0.05, 0.1) is 6.54 Å². The van der Waals surface area contributed by atoms with Gasteiger partial charge < -0.3 is 10.2 Å². The maximum absolute atomic E-state index is 12.0. The molecule has 0 aromatic carbocycles. The van der Waals surface area contributed by atoms with Gasteiger partial charge in [0.1, 0.15) is 4.21 Å². The van der Waals surface area contributed by atoms with Crippen LogP contribution in [-0.2, 0) is 10.0 Å². The van der Waals surface area contributed by atoms with Gasteiger partial charge in [-0.15, -0.1) is 35.3 Å². The minimum Gasteiger partial charge on any atom is -0.357 e. The molecule has 2 N–H and O–H groups in total. The molecule has 0 aliphatic rings. The summed E-state index contributed by atoms with van der Waals surface area (Å²) in [4.78, 5) is 6.53. The number of nitrogens with one attached hydrogen (secondary N) is 2. The third-order valence-corrected chi connectivity index (χ3v) is 5.83. The summed E-state index contributed by atoms with van der Waals surface area (Å²) in [5.41, 5.74) is 0. The smallest absolute Gasteiger partial charge is 0.250 e. The lowest BCUT2D eigenvalue weighted by Gasteiger charge is -2.21. The van der Waals surface area contributed by atoms with Crippen molar-refractivity contribution in [3.63, 3.8) is 0 Å². The predicted octanol–water partition coefficient (Wildman–Crippen LogP) is 2.34. The van der Waals surface area contributed by atoms with Crippen molar-refractivity contribution in [2.24, 2.45) is 4.99 Å². The molecule has 1 aromatic heterocycles. The first kappa shape index (κ1) is 22.6. The number of nitrogens with zero attached hydrogens (tertiary/aromatic N) is 2. The average molecular weight is 474 g/mol. The average Bonchev–Trinajstić information content (AvgIpc) is 3.03. The van der Waals surface area contributed by atoms with E-state index in [0.29, 0.717) is 10.8 Å². The zero-order valence-corrected chi connectivity index (χ0v) is 17.9. The number of thiophene rings is 1. The van der Waals surface area contributed by atoms with E-state index in [9.17, 15) is 8.42 Å². The number of guanidine groups is 1. The second kappa shape index (κ2) is 12.0. The van der Waals surface area contributed by atoms with Crippen molar-refractivity contribution >= 4 is 51.3 Å². The third-order valence-electron chi connectivity index (χ3n) is 2.97. The lowest BCUT2D eigenvalue weighted by Crippen LogP contribution is -2.40. The van der Waals surface area contributed by atoms with Crippen LogP contribution in [0.5, 0.6) is 0 Å². The first-order valence-electron chi connectivity index (χ1n) is 7.53. The Balaban J connectivity index is 0.00000484. The van der Waals surface area contributed by atoms with Crippen LogP contribution in [0.15, 0.2) is 26.7 Å². The molecule has 0 radical (unpaired) electrons. The molecule has 1 aromatic rings. The molecule has 9 heteroatoms. The summed E-state index contributed by atoms with van der Waals surface area (Å²) in [6.07, 6.45) is 2.23. The molecule has 0 fully saturated rings. The molecule has 134 valence electrons. The molecule has 0 unspecified atom stereocenters. The Labute approximate surface area is 160 Å². The molecule has 0 saturated carbocycles. The summed E-state index contributed by atoms with van der Waals surface area (Å²) in [6, 6.07) is 3.32. The van der Waals surface area contributed by atoms with E-state index in [1.165, 1.54) is 11.3 Å². The quantitative estimate of drug-likeness (QED) is 0.250. The molecule has 0 atom stereocenters. The maximum Gasteiger partial charge on any atom is 0.250 e. The minimum absolute atomic E-state index is 0. The molecule has 23 heavy (non-hydrogen) atoms. The Kier molecular flexibility index (Phi) is 11.8. The normalized spacial score (nSPS) is 11.9. The molecule has 0 bridgehead atoms. The van der Waals surface area contributed by atoms with E-state index < -0.39 is 10.0 Å². The highest BCUT2D eigenvalue weighted by atomic mass is 127. The van der Waals surface area contributed by atoms with E-state index in [0.717, 1.165) is 31.9 Å².